The Kier molecular flexibility index (Phi) is 4.90. The van der Waals surface area contributed by atoms with Crippen molar-refractivity contribution >= 4 is 11.9 Å². The van der Waals surface area contributed by atoms with Gasteiger partial charge in [-0.2, -0.15) is 0 Å². The summed E-state index contributed by atoms with van der Waals surface area (Å²) in [7, 11) is 1.56. The number of nitrogens with one attached hydrogen (secondary N) is 1. The Hall–Kier alpha value is -1.88. The van der Waals surface area contributed by atoms with Gasteiger partial charge in [-0.05, 0) is 51.3 Å². The number of nitrogens with zero attached hydrogens (tertiary/aromatic N) is 2. The molecule has 0 bridgehead atoms. The van der Waals surface area contributed by atoms with Crippen LogP contribution in [0.3, 0.4) is 0 Å². The predicted molar refractivity (Wildman–Crippen MR) is 93.6 cm³/mol. The maximum absolute atomic E-state index is 12.5. The van der Waals surface area contributed by atoms with Gasteiger partial charge in [0.1, 0.15) is 5.54 Å². The minimum Gasteiger partial charge on any atom is -0.323 e. The molecule has 2 fully saturated rings. The number of rotatable bonds is 5. The van der Waals surface area contributed by atoms with E-state index >= 15 is 0 Å². The van der Waals surface area contributed by atoms with Crippen LogP contribution in [0.4, 0.5) is 4.79 Å². The zero-order chi connectivity index (χ0) is 17.2. The highest BCUT2D eigenvalue weighted by molar-refractivity contribution is 6.06. The molecule has 0 aliphatic carbocycles. The highest BCUT2D eigenvalue weighted by atomic mass is 16.2. The van der Waals surface area contributed by atoms with Crippen LogP contribution in [-0.4, -0.2) is 54.0 Å². The number of likely N-dealkylation sites (tertiary alicyclic amines) is 1. The summed E-state index contributed by atoms with van der Waals surface area (Å²) in [6, 6.07) is 10.3. The summed E-state index contributed by atoms with van der Waals surface area (Å²) in [6.07, 6.45) is 4.27. The molecular weight excluding hydrogens is 302 g/mol. The average molecular weight is 329 g/mol. The van der Waals surface area contributed by atoms with E-state index < -0.39 is 5.54 Å². The largest absolute Gasteiger partial charge is 0.324 e. The molecule has 0 saturated carbocycles. The molecule has 0 unspecified atom stereocenters. The molecule has 5 heteroatoms. The van der Waals surface area contributed by atoms with E-state index in [1.165, 1.54) is 10.5 Å². The van der Waals surface area contributed by atoms with Crippen molar-refractivity contribution in [3.63, 3.8) is 0 Å². The molecule has 2 aliphatic heterocycles. The van der Waals surface area contributed by atoms with E-state index in [9.17, 15) is 9.59 Å². The summed E-state index contributed by atoms with van der Waals surface area (Å²) < 4.78 is 0. The average Bonchev–Trinajstić information content (AvgIpc) is 2.80. The molecule has 0 radical (unpaired) electrons. The van der Waals surface area contributed by atoms with Gasteiger partial charge < -0.3 is 10.2 Å². The zero-order valence-corrected chi connectivity index (χ0v) is 14.6. The van der Waals surface area contributed by atoms with Crippen LogP contribution in [0, 0.1) is 5.92 Å². The third-order valence-corrected chi connectivity index (χ3v) is 5.52. The molecular formula is C19H27N3O2. The number of hydrogen-bond acceptors (Lipinski definition) is 3. The molecule has 2 atom stereocenters. The molecule has 1 aromatic rings. The standard InChI is InChI=1S/C19H27N3O2/c1-19(17(23)21(2)18(24)20-19)16-11-7-13-22(14-16)12-6-10-15-8-4-3-5-9-15/h3-5,8-9,16H,6-7,10-14H2,1-2H3,(H,20,24)/t16-,19+/m0/s1. The fourth-order valence-electron chi connectivity index (χ4n) is 3.96. The summed E-state index contributed by atoms with van der Waals surface area (Å²) >= 11 is 0. The van der Waals surface area contributed by atoms with E-state index in [1.54, 1.807) is 7.05 Å². The van der Waals surface area contributed by atoms with Gasteiger partial charge >= 0.3 is 6.03 Å². The lowest BCUT2D eigenvalue weighted by Gasteiger charge is -2.39. The van der Waals surface area contributed by atoms with E-state index in [4.69, 9.17) is 0 Å². The molecule has 0 aromatic heterocycles. The number of piperidine rings is 1. The highest BCUT2D eigenvalue weighted by Gasteiger charge is 2.51. The summed E-state index contributed by atoms with van der Waals surface area (Å²) in [5.41, 5.74) is 0.627. The second kappa shape index (κ2) is 6.93. The topological polar surface area (TPSA) is 52.7 Å². The van der Waals surface area contributed by atoms with Gasteiger partial charge in [-0.15, -0.1) is 0 Å². The third kappa shape index (κ3) is 3.31. The molecule has 5 nitrogen and oxygen atoms in total. The van der Waals surface area contributed by atoms with E-state index in [1.807, 2.05) is 13.0 Å². The van der Waals surface area contributed by atoms with Crippen LogP contribution in [0.15, 0.2) is 30.3 Å². The SMILES string of the molecule is CN1C(=O)N[C@](C)([C@H]2CCCN(CCCc3ccccc3)C2)C1=O. The van der Waals surface area contributed by atoms with Crippen LogP contribution in [0.2, 0.25) is 0 Å². The lowest BCUT2D eigenvalue weighted by molar-refractivity contribution is -0.132. The number of hydrogen-bond donors (Lipinski definition) is 1. The van der Waals surface area contributed by atoms with Crippen molar-refractivity contribution < 1.29 is 9.59 Å². The normalized spacial score (nSPS) is 28.2. The van der Waals surface area contributed by atoms with Crippen molar-refractivity contribution in [2.75, 3.05) is 26.7 Å². The Balaban J connectivity index is 1.55. The first-order valence-corrected chi connectivity index (χ1v) is 8.87. The van der Waals surface area contributed by atoms with Gasteiger partial charge in [-0.3, -0.25) is 9.69 Å². The van der Waals surface area contributed by atoms with Crippen molar-refractivity contribution in [3.05, 3.63) is 35.9 Å². The number of imide groups is 1. The Morgan fingerprint density at radius 1 is 1.25 bits per heavy atom. The fraction of sp³-hybridized carbons (Fsp3) is 0.579. The molecule has 130 valence electrons. The Labute approximate surface area is 144 Å². The van der Waals surface area contributed by atoms with Crippen LogP contribution in [-0.2, 0) is 11.2 Å². The number of carbonyl (C=O) groups is 2. The quantitative estimate of drug-likeness (QED) is 0.843. The monoisotopic (exact) mass is 329 g/mol. The third-order valence-electron chi connectivity index (χ3n) is 5.52. The number of urea groups is 1. The van der Waals surface area contributed by atoms with E-state index in [0.717, 1.165) is 45.3 Å². The summed E-state index contributed by atoms with van der Waals surface area (Å²) in [5.74, 6) is 0.0908. The Morgan fingerprint density at radius 2 is 2.00 bits per heavy atom. The van der Waals surface area contributed by atoms with Gasteiger partial charge in [0.25, 0.3) is 5.91 Å². The van der Waals surface area contributed by atoms with Crippen LogP contribution < -0.4 is 5.32 Å². The number of likely N-dealkylation sites (N-methyl/N-ethyl adjacent to an activating group) is 1. The summed E-state index contributed by atoms with van der Waals surface area (Å²) in [6.45, 7) is 4.89. The molecule has 24 heavy (non-hydrogen) atoms. The first-order chi connectivity index (χ1) is 11.5. The van der Waals surface area contributed by atoms with Crippen molar-refractivity contribution in [1.82, 2.24) is 15.1 Å². The van der Waals surface area contributed by atoms with Crippen molar-refractivity contribution in [2.24, 2.45) is 5.92 Å². The molecule has 1 N–H and O–H groups in total. The van der Waals surface area contributed by atoms with Crippen molar-refractivity contribution in [1.29, 1.82) is 0 Å². The number of amides is 3. The van der Waals surface area contributed by atoms with Gasteiger partial charge in [0.2, 0.25) is 0 Å². The first-order valence-electron chi connectivity index (χ1n) is 8.87. The van der Waals surface area contributed by atoms with E-state index in [2.05, 4.69) is 34.5 Å². The molecule has 0 spiro atoms. The van der Waals surface area contributed by atoms with Crippen molar-refractivity contribution in [2.45, 2.75) is 38.1 Å². The second-order valence-corrected chi connectivity index (χ2v) is 7.23. The van der Waals surface area contributed by atoms with Gasteiger partial charge in [0, 0.05) is 19.5 Å². The van der Waals surface area contributed by atoms with Gasteiger partial charge in [-0.25, -0.2) is 4.79 Å². The molecule has 2 heterocycles. The van der Waals surface area contributed by atoms with Crippen molar-refractivity contribution in [3.8, 4) is 0 Å². The molecule has 3 rings (SSSR count). The van der Waals surface area contributed by atoms with Gasteiger partial charge in [0.15, 0.2) is 0 Å². The highest BCUT2D eigenvalue weighted by Crippen LogP contribution is 2.32. The van der Waals surface area contributed by atoms with E-state index in [0.29, 0.717) is 0 Å². The molecule has 1 aromatic carbocycles. The fourth-order valence-corrected chi connectivity index (χ4v) is 3.96. The molecule has 2 aliphatic rings. The lowest BCUT2D eigenvalue weighted by Crippen LogP contribution is -2.55. The number of aryl methyl sites for hydroxylation is 1. The van der Waals surface area contributed by atoms with Crippen LogP contribution in [0.5, 0.6) is 0 Å². The van der Waals surface area contributed by atoms with Crippen LogP contribution in [0.1, 0.15) is 31.7 Å². The maximum Gasteiger partial charge on any atom is 0.324 e. The smallest absolute Gasteiger partial charge is 0.323 e. The Morgan fingerprint density at radius 3 is 2.67 bits per heavy atom. The second-order valence-electron chi connectivity index (χ2n) is 7.23. The Bertz CT molecular complexity index is 604. The zero-order valence-electron chi connectivity index (χ0n) is 14.6. The van der Waals surface area contributed by atoms with Gasteiger partial charge in [0.05, 0.1) is 0 Å². The van der Waals surface area contributed by atoms with Crippen LogP contribution >= 0.6 is 0 Å². The summed E-state index contributed by atoms with van der Waals surface area (Å²) in [4.78, 5) is 28.0. The minimum absolute atomic E-state index is 0.0939. The first kappa shape index (κ1) is 17.0. The number of carbonyl (C=O) groups excluding carboxylic acids is 2. The van der Waals surface area contributed by atoms with Gasteiger partial charge in [-0.1, -0.05) is 30.3 Å². The molecule has 3 amide bonds. The minimum atomic E-state index is -0.746. The van der Waals surface area contributed by atoms with Crippen LogP contribution in [0.25, 0.3) is 0 Å². The number of benzene rings is 1. The maximum atomic E-state index is 12.5. The predicted octanol–water partition coefficient (Wildman–Crippen LogP) is 2.27. The summed E-state index contributed by atoms with van der Waals surface area (Å²) in [5, 5.41) is 2.91. The van der Waals surface area contributed by atoms with E-state index in [-0.39, 0.29) is 17.9 Å². The molecule has 2 saturated heterocycles. The lowest BCUT2D eigenvalue weighted by atomic mass is 9.80.